The van der Waals surface area contributed by atoms with Gasteiger partial charge in [0.2, 0.25) is 0 Å². The van der Waals surface area contributed by atoms with E-state index < -0.39 is 0 Å². The van der Waals surface area contributed by atoms with Gasteiger partial charge in [-0.2, -0.15) is 0 Å². The van der Waals surface area contributed by atoms with Gasteiger partial charge < -0.3 is 11.0 Å². The van der Waals surface area contributed by atoms with Crippen molar-refractivity contribution < 1.29 is 19.5 Å². The average Bonchev–Trinajstić information content (AvgIpc) is 2.65. The summed E-state index contributed by atoms with van der Waals surface area (Å²) in [6, 6.07) is 10.2. The van der Waals surface area contributed by atoms with Gasteiger partial charge in [0.05, 0.1) is 0 Å². The number of rotatable bonds is 3. The molecule has 0 bridgehead atoms. The predicted octanol–water partition coefficient (Wildman–Crippen LogP) is 2.85. The van der Waals surface area contributed by atoms with Crippen LogP contribution in [0.5, 0.6) is 0 Å². The zero-order valence-corrected chi connectivity index (χ0v) is 13.3. The van der Waals surface area contributed by atoms with Gasteiger partial charge in [-0.25, -0.2) is 0 Å². The van der Waals surface area contributed by atoms with Crippen LogP contribution in [0.15, 0.2) is 30.3 Å². The molecule has 0 spiro atoms. The van der Waals surface area contributed by atoms with Crippen LogP contribution in [0.1, 0.15) is 15.3 Å². The smallest absolute Gasteiger partial charge is 0.870 e. The summed E-state index contributed by atoms with van der Waals surface area (Å²) < 4.78 is 4.69. The third kappa shape index (κ3) is 3.92. The number of hydrogen-bond acceptors (Lipinski definition) is 5. The van der Waals surface area contributed by atoms with Crippen molar-refractivity contribution in [3.05, 3.63) is 45.6 Å². The topological polar surface area (TPSA) is 86.3 Å². The molecule has 0 saturated heterocycles. The van der Waals surface area contributed by atoms with Crippen molar-refractivity contribution in [3.63, 3.8) is 0 Å². The number of carbonyl (C=O) groups excluding carboxylic acids is 1. The van der Waals surface area contributed by atoms with Crippen LogP contribution in [0.25, 0.3) is 11.1 Å². The fraction of sp³-hybridized carbons (Fsp3) is 0.214. The molecular weight excluding hydrogens is 291 g/mol. The van der Waals surface area contributed by atoms with E-state index in [2.05, 4.69) is 26.0 Å². The molecule has 2 N–H and O–H groups in total. The maximum atomic E-state index is 11.5. The minimum Gasteiger partial charge on any atom is -0.870 e. The van der Waals surface area contributed by atoms with E-state index in [-0.39, 0.29) is 16.9 Å². The van der Waals surface area contributed by atoms with E-state index in [0.717, 1.165) is 11.1 Å². The van der Waals surface area contributed by atoms with Gasteiger partial charge in [0.15, 0.2) is 0 Å². The van der Waals surface area contributed by atoms with E-state index in [1.807, 2.05) is 34.8 Å². The molecule has 0 radical (unpaired) electrons. The second-order valence-corrected chi connectivity index (χ2v) is 5.77. The molecule has 6 heteroatoms. The quantitative estimate of drug-likeness (QED) is 0.816. The summed E-state index contributed by atoms with van der Waals surface area (Å²) >= 11 is 3.74. The molecule has 2 rings (SSSR count). The maximum Gasteiger partial charge on any atom is -0.870 e. The van der Waals surface area contributed by atoms with Gasteiger partial charge in [0.1, 0.15) is 0 Å². The Labute approximate surface area is 130 Å². The number of carbonyl (C=O) groups is 1. The predicted molar refractivity (Wildman–Crippen MR) is 78.7 cm³/mol. The average molecular weight is 306 g/mol. The Morgan fingerprint density at radius 3 is 2.30 bits per heavy atom. The van der Waals surface area contributed by atoms with Crippen molar-refractivity contribution in [2.75, 3.05) is 0 Å². The molecule has 0 aliphatic heterocycles. The summed E-state index contributed by atoms with van der Waals surface area (Å²) in [4.78, 5) is 13.9. The summed E-state index contributed by atoms with van der Waals surface area (Å²) in [7, 11) is 0. The molecule has 1 aromatic heterocycles. The maximum absolute atomic E-state index is 11.5. The molecule has 2 aromatic rings. The van der Waals surface area contributed by atoms with Crippen molar-refractivity contribution in [2.45, 2.75) is 20.3 Å². The molecule has 1 aromatic carbocycles. The molecule has 20 heavy (non-hydrogen) atoms. The van der Waals surface area contributed by atoms with Crippen LogP contribution in [0, 0.1) is 13.8 Å². The first kappa shape index (κ1) is 18.8. The van der Waals surface area contributed by atoms with Crippen LogP contribution >= 0.6 is 11.3 Å². The molecule has 0 atom stereocenters. The summed E-state index contributed by atoms with van der Waals surface area (Å²) in [5.41, 5.74) is 3.41. The second-order valence-electron chi connectivity index (χ2n) is 4.10. The van der Waals surface area contributed by atoms with Crippen LogP contribution in [0.2, 0.25) is 0 Å². The van der Waals surface area contributed by atoms with Gasteiger partial charge in [-0.15, -0.1) is 0 Å². The van der Waals surface area contributed by atoms with Crippen LogP contribution in [0.4, 0.5) is 0 Å². The van der Waals surface area contributed by atoms with Gasteiger partial charge >= 0.3 is 120 Å². The van der Waals surface area contributed by atoms with E-state index in [0.29, 0.717) is 6.42 Å². The van der Waals surface area contributed by atoms with E-state index in [1.54, 1.807) is 11.3 Å². The van der Waals surface area contributed by atoms with E-state index in [1.165, 1.54) is 15.3 Å². The minimum atomic E-state index is -0.224. The third-order valence-electron chi connectivity index (χ3n) is 2.90. The van der Waals surface area contributed by atoms with Gasteiger partial charge in [0.25, 0.3) is 0 Å². The fourth-order valence-corrected chi connectivity index (χ4v) is 3.30. The van der Waals surface area contributed by atoms with Gasteiger partial charge in [0, 0.05) is 0 Å². The molecule has 0 fully saturated rings. The zero-order valence-electron chi connectivity index (χ0n) is 11.3. The van der Waals surface area contributed by atoms with Gasteiger partial charge in [-0.1, -0.05) is 0 Å². The largest absolute Gasteiger partial charge is 0.870 e. The van der Waals surface area contributed by atoms with E-state index in [4.69, 9.17) is 3.79 Å². The fourth-order valence-electron chi connectivity index (χ4n) is 2.11. The van der Waals surface area contributed by atoms with Crippen LogP contribution in [-0.4, -0.2) is 33.5 Å². The first-order chi connectivity index (χ1) is 8.63. The molecular formula is C14H15AlO4S. The van der Waals surface area contributed by atoms with Crippen molar-refractivity contribution in [1.82, 2.24) is 0 Å². The Morgan fingerprint density at radius 2 is 1.75 bits per heavy atom. The summed E-state index contributed by atoms with van der Waals surface area (Å²) in [5.74, 6) is -0.224. The van der Waals surface area contributed by atoms with Crippen molar-refractivity contribution in [1.29, 1.82) is 0 Å². The monoisotopic (exact) mass is 306 g/mol. The van der Waals surface area contributed by atoms with Crippen molar-refractivity contribution >= 4 is 33.9 Å². The minimum absolute atomic E-state index is 0. The van der Waals surface area contributed by atoms with Crippen LogP contribution in [-0.2, 0) is 15.0 Å². The van der Waals surface area contributed by atoms with Gasteiger partial charge in [-0.3, -0.25) is 0 Å². The van der Waals surface area contributed by atoms with E-state index in [9.17, 15) is 4.79 Å². The molecule has 0 saturated carbocycles. The number of hydrogen-bond donors (Lipinski definition) is 0. The molecule has 0 aliphatic rings. The number of benzene rings is 1. The Morgan fingerprint density at radius 1 is 1.15 bits per heavy atom. The first-order valence-corrected chi connectivity index (χ1v) is 6.96. The second kappa shape index (κ2) is 8.20. The number of thiophene rings is 1. The molecule has 4 nitrogen and oxygen atoms in total. The SMILES string of the molecule is Cc1sc(C)c(-c2ccccc2)c1CC(=O)[O][Al+2].[OH-].[OH-]. The Balaban J connectivity index is 0.00000180. The van der Waals surface area contributed by atoms with Crippen molar-refractivity contribution in [2.24, 2.45) is 0 Å². The van der Waals surface area contributed by atoms with Gasteiger partial charge in [-0.05, 0) is 0 Å². The summed E-state index contributed by atoms with van der Waals surface area (Å²) in [5, 5.41) is 0. The van der Waals surface area contributed by atoms with Crippen molar-refractivity contribution in [3.8, 4) is 11.1 Å². The standard InChI is InChI=1S/C14H14O2S.Al.2H2O/c1-9-12(8-13(15)16)14(10(2)17-9)11-6-4-3-5-7-11;;;/h3-7H,8H2,1-2H3,(H,15,16);;2*1H2/q;+3;;/p-3. The molecule has 104 valence electrons. The zero-order chi connectivity index (χ0) is 13.1. The first-order valence-electron chi connectivity index (χ1n) is 5.67. The van der Waals surface area contributed by atoms with Crippen LogP contribution < -0.4 is 0 Å². The molecule has 0 unspecified atom stereocenters. The van der Waals surface area contributed by atoms with Crippen LogP contribution in [0.3, 0.4) is 0 Å². The molecule has 1 heterocycles. The summed E-state index contributed by atoms with van der Waals surface area (Å²) in [6.45, 7) is 4.14. The van der Waals surface area contributed by atoms with E-state index >= 15 is 0 Å². The molecule has 0 aliphatic carbocycles. The Kier molecular flexibility index (Phi) is 7.73. The Bertz CT molecular complexity index is 566. The number of aryl methyl sites for hydroxylation is 2. The Hall–Kier alpha value is -1.16. The molecule has 0 amide bonds. The summed E-state index contributed by atoms with van der Waals surface area (Å²) in [6.07, 6.45) is 0.323. The normalized spacial score (nSPS) is 9.40. The third-order valence-corrected chi connectivity index (χ3v) is 4.23.